The molecule has 3 rings (SSSR count). The zero-order valence-corrected chi connectivity index (χ0v) is 16.9. The van der Waals surface area contributed by atoms with Crippen LogP contribution in [0.2, 0.25) is 0 Å². The first kappa shape index (κ1) is 20.3. The van der Waals surface area contributed by atoms with E-state index in [1.807, 2.05) is 6.92 Å². The number of nitrogens with one attached hydrogen (secondary N) is 1. The van der Waals surface area contributed by atoms with E-state index < -0.39 is 10.0 Å². The van der Waals surface area contributed by atoms with Gasteiger partial charge >= 0.3 is 0 Å². The second kappa shape index (κ2) is 8.68. The number of hydrogen-bond acceptors (Lipinski definition) is 5. The van der Waals surface area contributed by atoms with Crippen molar-refractivity contribution in [3.8, 4) is 0 Å². The summed E-state index contributed by atoms with van der Waals surface area (Å²) in [6.07, 6.45) is 3.43. The lowest BCUT2D eigenvalue weighted by atomic mass is 10.0. The fraction of sp³-hybridized carbons (Fsp3) is 0.632. The minimum Gasteiger partial charge on any atom is -0.379 e. The highest BCUT2D eigenvalue weighted by atomic mass is 32.2. The van der Waals surface area contributed by atoms with Gasteiger partial charge in [0.05, 0.1) is 24.7 Å². The molecule has 2 fully saturated rings. The molecule has 0 bridgehead atoms. The van der Waals surface area contributed by atoms with Crippen LogP contribution in [0.25, 0.3) is 0 Å². The van der Waals surface area contributed by atoms with E-state index in [-0.39, 0.29) is 10.8 Å². The van der Waals surface area contributed by atoms with Gasteiger partial charge in [-0.25, -0.2) is 8.42 Å². The molecule has 7 nitrogen and oxygen atoms in total. The molecule has 0 aromatic heterocycles. The predicted molar refractivity (Wildman–Crippen MR) is 104 cm³/mol. The van der Waals surface area contributed by atoms with Crippen LogP contribution in [-0.2, 0) is 19.6 Å². The number of ether oxygens (including phenoxy) is 1. The summed E-state index contributed by atoms with van der Waals surface area (Å²) < 4.78 is 32.4. The number of anilines is 1. The molecule has 0 radical (unpaired) electrons. The van der Waals surface area contributed by atoms with Gasteiger partial charge in [-0.1, -0.05) is 12.5 Å². The summed E-state index contributed by atoms with van der Waals surface area (Å²) in [5.41, 5.74) is 1.40. The number of hydrogen-bond donors (Lipinski definition) is 1. The van der Waals surface area contributed by atoms with Gasteiger partial charge in [-0.05, 0) is 50.9 Å². The minimum absolute atomic E-state index is 0.104. The number of piperidine rings is 1. The van der Waals surface area contributed by atoms with Gasteiger partial charge in [-0.15, -0.1) is 0 Å². The third kappa shape index (κ3) is 4.87. The molecule has 0 saturated carbocycles. The monoisotopic (exact) mass is 395 g/mol. The maximum atomic E-state index is 12.8. The molecule has 1 N–H and O–H groups in total. The Kier molecular flexibility index (Phi) is 6.52. The van der Waals surface area contributed by atoms with Crippen LogP contribution in [0.3, 0.4) is 0 Å². The SMILES string of the molecule is Cc1ccc(S(=O)(=O)N2CCOCC2)cc1NC(=O)CN1CCCC[C@H]1C. The molecule has 2 aliphatic heterocycles. The third-order valence-corrected chi connectivity index (χ3v) is 7.27. The molecule has 2 heterocycles. The maximum Gasteiger partial charge on any atom is 0.243 e. The average Bonchev–Trinajstić information content (AvgIpc) is 2.66. The van der Waals surface area contributed by atoms with E-state index in [9.17, 15) is 13.2 Å². The number of likely N-dealkylation sites (tertiary alicyclic amines) is 1. The van der Waals surface area contributed by atoms with Crippen LogP contribution in [0.15, 0.2) is 23.1 Å². The van der Waals surface area contributed by atoms with Gasteiger partial charge in [-0.2, -0.15) is 4.31 Å². The van der Waals surface area contributed by atoms with Crippen LogP contribution < -0.4 is 5.32 Å². The largest absolute Gasteiger partial charge is 0.379 e. The Morgan fingerprint density at radius 3 is 2.67 bits per heavy atom. The summed E-state index contributed by atoms with van der Waals surface area (Å²) >= 11 is 0. The summed E-state index contributed by atoms with van der Waals surface area (Å²) in [4.78, 5) is 14.9. The van der Waals surface area contributed by atoms with Crippen molar-refractivity contribution in [1.82, 2.24) is 9.21 Å². The molecule has 2 saturated heterocycles. The van der Waals surface area contributed by atoms with Crippen LogP contribution in [-0.4, -0.2) is 69.0 Å². The molecule has 0 unspecified atom stereocenters. The van der Waals surface area contributed by atoms with Crippen LogP contribution in [0.1, 0.15) is 31.7 Å². The van der Waals surface area contributed by atoms with E-state index >= 15 is 0 Å². The van der Waals surface area contributed by atoms with Crippen LogP contribution in [0.4, 0.5) is 5.69 Å². The Balaban J connectivity index is 1.72. The summed E-state index contributed by atoms with van der Waals surface area (Å²) in [7, 11) is -3.58. The van der Waals surface area contributed by atoms with Gasteiger partial charge in [0, 0.05) is 24.8 Å². The predicted octanol–water partition coefficient (Wildman–Crippen LogP) is 1.83. The van der Waals surface area contributed by atoms with Gasteiger partial charge < -0.3 is 10.1 Å². The summed E-state index contributed by atoms with van der Waals surface area (Å²) in [6.45, 7) is 6.79. The molecule has 1 atom stereocenters. The Morgan fingerprint density at radius 2 is 1.96 bits per heavy atom. The number of amides is 1. The Morgan fingerprint density at radius 1 is 1.22 bits per heavy atom. The first-order valence-corrected chi connectivity index (χ1v) is 11.0. The van der Waals surface area contributed by atoms with Crippen LogP contribution in [0.5, 0.6) is 0 Å². The number of nitrogens with zero attached hydrogens (tertiary/aromatic N) is 2. The minimum atomic E-state index is -3.58. The molecule has 0 spiro atoms. The van der Waals surface area contributed by atoms with Gasteiger partial charge in [-0.3, -0.25) is 9.69 Å². The number of aryl methyl sites for hydroxylation is 1. The van der Waals surface area contributed by atoms with Crippen molar-refractivity contribution in [2.45, 2.75) is 44.0 Å². The third-order valence-electron chi connectivity index (χ3n) is 5.38. The second-order valence-electron chi connectivity index (χ2n) is 7.36. The lowest BCUT2D eigenvalue weighted by Crippen LogP contribution is -2.42. The van der Waals surface area contributed by atoms with Crippen molar-refractivity contribution in [2.24, 2.45) is 0 Å². The lowest BCUT2D eigenvalue weighted by Gasteiger charge is -2.32. The molecule has 2 aliphatic rings. The average molecular weight is 396 g/mol. The van der Waals surface area contributed by atoms with Crippen molar-refractivity contribution in [1.29, 1.82) is 0 Å². The van der Waals surface area contributed by atoms with Crippen LogP contribution >= 0.6 is 0 Å². The number of carbonyl (C=O) groups excluding carboxylic acids is 1. The number of carbonyl (C=O) groups is 1. The Labute approximate surface area is 161 Å². The fourth-order valence-corrected chi connectivity index (χ4v) is 5.03. The number of sulfonamides is 1. The zero-order chi connectivity index (χ0) is 19.4. The van der Waals surface area contributed by atoms with Crippen molar-refractivity contribution < 1.29 is 17.9 Å². The van der Waals surface area contributed by atoms with E-state index in [1.54, 1.807) is 18.2 Å². The van der Waals surface area contributed by atoms with Crippen LogP contribution in [0, 0.1) is 6.92 Å². The number of benzene rings is 1. The molecule has 1 amide bonds. The first-order chi connectivity index (χ1) is 12.9. The van der Waals surface area contributed by atoms with E-state index in [1.165, 1.54) is 10.7 Å². The van der Waals surface area contributed by atoms with E-state index in [0.717, 1.165) is 24.9 Å². The van der Waals surface area contributed by atoms with E-state index in [4.69, 9.17) is 4.74 Å². The maximum absolute atomic E-state index is 12.8. The van der Waals surface area contributed by atoms with Crippen molar-refractivity contribution in [2.75, 3.05) is 44.7 Å². The molecule has 150 valence electrons. The summed E-state index contributed by atoms with van der Waals surface area (Å²) in [5, 5.41) is 2.91. The molecule has 0 aliphatic carbocycles. The van der Waals surface area contributed by atoms with Crippen molar-refractivity contribution >= 4 is 21.6 Å². The highest BCUT2D eigenvalue weighted by molar-refractivity contribution is 7.89. The normalized spacial score (nSPS) is 22.5. The van der Waals surface area contributed by atoms with Gasteiger partial charge in [0.25, 0.3) is 0 Å². The molecule has 1 aromatic carbocycles. The van der Waals surface area contributed by atoms with Crippen molar-refractivity contribution in [3.63, 3.8) is 0 Å². The van der Waals surface area contributed by atoms with E-state index in [0.29, 0.717) is 44.6 Å². The first-order valence-electron chi connectivity index (χ1n) is 9.60. The molecule has 27 heavy (non-hydrogen) atoms. The van der Waals surface area contributed by atoms with Gasteiger partial charge in [0.15, 0.2) is 0 Å². The molecule has 1 aromatic rings. The molecular formula is C19H29N3O4S. The van der Waals surface area contributed by atoms with Gasteiger partial charge in [0.2, 0.25) is 15.9 Å². The Bertz CT molecular complexity index is 775. The highest BCUT2D eigenvalue weighted by Gasteiger charge is 2.27. The standard InChI is InChI=1S/C19H29N3O4S/c1-15-6-7-17(27(24,25)22-9-11-26-12-10-22)13-18(15)20-19(23)14-21-8-4-3-5-16(21)2/h6-7,13,16H,3-5,8-12,14H2,1-2H3,(H,20,23)/t16-/m1/s1. The highest BCUT2D eigenvalue weighted by Crippen LogP contribution is 2.24. The lowest BCUT2D eigenvalue weighted by molar-refractivity contribution is -0.118. The van der Waals surface area contributed by atoms with E-state index in [2.05, 4.69) is 17.1 Å². The number of morpholine rings is 1. The summed E-state index contributed by atoms with van der Waals surface area (Å²) in [6, 6.07) is 5.31. The second-order valence-corrected chi connectivity index (χ2v) is 9.29. The quantitative estimate of drug-likeness (QED) is 0.823. The molecular weight excluding hydrogens is 366 g/mol. The van der Waals surface area contributed by atoms with Gasteiger partial charge in [0.1, 0.15) is 0 Å². The number of rotatable bonds is 5. The summed E-state index contributed by atoms with van der Waals surface area (Å²) in [5.74, 6) is -0.104. The Hall–Kier alpha value is -1.48. The fourth-order valence-electron chi connectivity index (χ4n) is 3.60. The smallest absolute Gasteiger partial charge is 0.243 e. The topological polar surface area (TPSA) is 79.0 Å². The van der Waals surface area contributed by atoms with Crippen molar-refractivity contribution in [3.05, 3.63) is 23.8 Å². The zero-order valence-electron chi connectivity index (χ0n) is 16.1. The molecule has 8 heteroatoms.